The van der Waals surface area contributed by atoms with E-state index in [1.165, 1.54) is 6.92 Å². The number of aliphatic carboxylic acids is 1. The Kier molecular flexibility index (Phi) is 4.65. The van der Waals surface area contributed by atoms with E-state index < -0.39 is 29.8 Å². The van der Waals surface area contributed by atoms with Gasteiger partial charge in [-0.25, -0.2) is 8.78 Å². The van der Waals surface area contributed by atoms with Crippen LogP contribution in [0.4, 0.5) is 8.78 Å². The van der Waals surface area contributed by atoms with Gasteiger partial charge in [0, 0.05) is 24.8 Å². The normalized spacial score (nSPS) is 23.1. The van der Waals surface area contributed by atoms with Gasteiger partial charge in [0.25, 0.3) is 0 Å². The molecule has 2 N–H and O–H groups in total. The van der Waals surface area contributed by atoms with Crippen molar-refractivity contribution in [3.8, 4) is 0 Å². The second-order valence-electron chi connectivity index (χ2n) is 5.05. The zero-order valence-corrected chi connectivity index (χ0v) is 10.6. The van der Waals surface area contributed by atoms with Crippen LogP contribution in [-0.2, 0) is 9.59 Å². The first-order valence-corrected chi connectivity index (χ1v) is 6.14. The minimum atomic E-state index is -2.66. The van der Waals surface area contributed by atoms with E-state index >= 15 is 0 Å². The van der Waals surface area contributed by atoms with E-state index in [0.717, 1.165) is 0 Å². The van der Waals surface area contributed by atoms with Crippen LogP contribution in [0.1, 0.15) is 39.5 Å². The zero-order chi connectivity index (χ0) is 13.9. The van der Waals surface area contributed by atoms with Gasteiger partial charge in [0.15, 0.2) is 0 Å². The van der Waals surface area contributed by atoms with Gasteiger partial charge in [-0.15, -0.1) is 0 Å². The van der Waals surface area contributed by atoms with Gasteiger partial charge in [-0.2, -0.15) is 0 Å². The molecule has 0 radical (unpaired) electrons. The minimum Gasteiger partial charge on any atom is -0.481 e. The number of carbonyl (C=O) groups excluding carboxylic acids is 1. The zero-order valence-electron chi connectivity index (χ0n) is 10.6. The van der Waals surface area contributed by atoms with Crippen molar-refractivity contribution in [2.75, 3.05) is 0 Å². The van der Waals surface area contributed by atoms with Crippen molar-refractivity contribution in [3.05, 3.63) is 0 Å². The third kappa shape index (κ3) is 3.92. The molecule has 0 heterocycles. The van der Waals surface area contributed by atoms with Crippen molar-refractivity contribution >= 4 is 11.9 Å². The average molecular weight is 263 g/mol. The first-order chi connectivity index (χ1) is 8.23. The van der Waals surface area contributed by atoms with Crippen molar-refractivity contribution in [2.24, 2.45) is 11.8 Å². The van der Waals surface area contributed by atoms with E-state index in [4.69, 9.17) is 5.11 Å². The van der Waals surface area contributed by atoms with Crippen LogP contribution in [0, 0.1) is 11.8 Å². The number of carboxylic acids is 1. The number of nitrogens with one attached hydrogen (secondary N) is 1. The molecule has 1 rings (SSSR count). The molecule has 6 heteroatoms. The summed E-state index contributed by atoms with van der Waals surface area (Å²) in [6, 6.07) is -0.502. The maximum absolute atomic E-state index is 12.9. The highest BCUT2D eigenvalue weighted by Crippen LogP contribution is 2.36. The maximum atomic E-state index is 12.9. The lowest BCUT2D eigenvalue weighted by Crippen LogP contribution is -2.44. The van der Waals surface area contributed by atoms with E-state index in [0.29, 0.717) is 0 Å². The molecule has 1 amide bonds. The molecule has 0 bridgehead atoms. The summed E-state index contributed by atoms with van der Waals surface area (Å²) in [4.78, 5) is 22.5. The highest BCUT2D eigenvalue weighted by molar-refractivity contribution is 5.80. The second-order valence-corrected chi connectivity index (χ2v) is 5.05. The lowest BCUT2D eigenvalue weighted by Gasteiger charge is -2.29. The SMILES string of the molecule is CC(NC(=O)C1CCC(F)(F)CC1)C(C)C(=O)O. The van der Waals surface area contributed by atoms with Gasteiger partial charge in [0.05, 0.1) is 5.92 Å². The molecular weight excluding hydrogens is 244 g/mol. The number of hydrogen-bond donors (Lipinski definition) is 2. The van der Waals surface area contributed by atoms with Crippen LogP contribution in [0.3, 0.4) is 0 Å². The summed E-state index contributed by atoms with van der Waals surface area (Å²) in [6.45, 7) is 3.11. The highest BCUT2D eigenvalue weighted by Gasteiger charge is 2.37. The number of alkyl halides is 2. The van der Waals surface area contributed by atoms with Crippen LogP contribution in [-0.4, -0.2) is 28.9 Å². The molecule has 104 valence electrons. The van der Waals surface area contributed by atoms with E-state index in [1.54, 1.807) is 6.92 Å². The summed E-state index contributed by atoms with van der Waals surface area (Å²) in [5.41, 5.74) is 0. The summed E-state index contributed by atoms with van der Waals surface area (Å²) in [7, 11) is 0. The summed E-state index contributed by atoms with van der Waals surface area (Å²) in [6.07, 6.45) is -0.220. The molecule has 2 unspecified atom stereocenters. The van der Waals surface area contributed by atoms with E-state index in [9.17, 15) is 18.4 Å². The van der Waals surface area contributed by atoms with Crippen LogP contribution >= 0.6 is 0 Å². The molecule has 0 aromatic carbocycles. The molecule has 1 fully saturated rings. The lowest BCUT2D eigenvalue weighted by atomic mass is 9.86. The molecule has 0 saturated heterocycles. The third-order valence-electron chi connectivity index (χ3n) is 3.60. The maximum Gasteiger partial charge on any atom is 0.308 e. The van der Waals surface area contributed by atoms with Gasteiger partial charge in [-0.3, -0.25) is 9.59 Å². The number of carbonyl (C=O) groups is 2. The van der Waals surface area contributed by atoms with Gasteiger partial charge >= 0.3 is 5.97 Å². The largest absolute Gasteiger partial charge is 0.481 e. The number of hydrogen-bond acceptors (Lipinski definition) is 2. The fraction of sp³-hybridized carbons (Fsp3) is 0.833. The van der Waals surface area contributed by atoms with Crippen LogP contribution in [0.25, 0.3) is 0 Å². The fourth-order valence-electron chi connectivity index (χ4n) is 1.98. The van der Waals surface area contributed by atoms with Gasteiger partial charge in [0.2, 0.25) is 11.8 Å². The molecule has 0 aliphatic heterocycles. The molecule has 0 aromatic rings. The van der Waals surface area contributed by atoms with Crippen LogP contribution in [0.5, 0.6) is 0 Å². The highest BCUT2D eigenvalue weighted by atomic mass is 19.3. The number of carboxylic acid groups (broad SMARTS) is 1. The summed E-state index contributed by atoms with van der Waals surface area (Å²) >= 11 is 0. The Bertz CT molecular complexity index is 323. The van der Waals surface area contributed by atoms with Gasteiger partial charge in [-0.05, 0) is 26.7 Å². The van der Waals surface area contributed by atoms with Crippen molar-refractivity contribution in [2.45, 2.75) is 51.5 Å². The van der Waals surface area contributed by atoms with Gasteiger partial charge in [0.1, 0.15) is 0 Å². The Morgan fingerprint density at radius 2 is 1.78 bits per heavy atom. The van der Waals surface area contributed by atoms with Crippen LogP contribution in [0.2, 0.25) is 0 Å². The summed E-state index contributed by atoms with van der Waals surface area (Å²) in [5.74, 6) is -5.08. The molecule has 0 aromatic heterocycles. The van der Waals surface area contributed by atoms with E-state index in [1.807, 2.05) is 0 Å². The minimum absolute atomic E-state index is 0.160. The molecule has 1 aliphatic rings. The van der Waals surface area contributed by atoms with Gasteiger partial charge in [-0.1, -0.05) is 0 Å². The second kappa shape index (κ2) is 5.63. The molecule has 2 atom stereocenters. The van der Waals surface area contributed by atoms with Crippen LogP contribution in [0.15, 0.2) is 0 Å². The molecule has 1 saturated carbocycles. The number of halogens is 2. The Balaban J connectivity index is 2.45. The van der Waals surface area contributed by atoms with Crippen LogP contribution < -0.4 is 5.32 Å². The number of amides is 1. The smallest absolute Gasteiger partial charge is 0.308 e. The summed E-state index contributed by atoms with van der Waals surface area (Å²) in [5, 5.41) is 11.4. The van der Waals surface area contributed by atoms with Crippen molar-refractivity contribution in [1.82, 2.24) is 5.32 Å². The van der Waals surface area contributed by atoms with Gasteiger partial charge < -0.3 is 10.4 Å². The Morgan fingerprint density at radius 3 is 2.22 bits per heavy atom. The predicted octanol–water partition coefficient (Wildman–Crippen LogP) is 2.04. The molecule has 4 nitrogen and oxygen atoms in total. The summed E-state index contributed by atoms with van der Waals surface area (Å²) < 4.78 is 25.9. The predicted molar refractivity (Wildman–Crippen MR) is 61.3 cm³/mol. The quantitative estimate of drug-likeness (QED) is 0.815. The number of rotatable bonds is 4. The molecular formula is C12H19F2NO3. The third-order valence-corrected chi connectivity index (χ3v) is 3.60. The Hall–Kier alpha value is -1.20. The van der Waals surface area contributed by atoms with Crippen molar-refractivity contribution < 1.29 is 23.5 Å². The molecule has 1 aliphatic carbocycles. The first-order valence-electron chi connectivity index (χ1n) is 6.14. The monoisotopic (exact) mass is 263 g/mol. The molecule has 18 heavy (non-hydrogen) atoms. The fourth-order valence-corrected chi connectivity index (χ4v) is 1.98. The van der Waals surface area contributed by atoms with E-state index in [-0.39, 0.29) is 31.6 Å². The average Bonchev–Trinajstić information content (AvgIpc) is 2.27. The Labute approximate surface area is 105 Å². The standard InChI is InChI=1S/C12H19F2NO3/c1-7(11(17)18)8(2)15-10(16)9-3-5-12(13,14)6-4-9/h7-9H,3-6H2,1-2H3,(H,15,16)(H,17,18). The molecule has 0 spiro atoms. The first kappa shape index (κ1) is 14.9. The van der Waals surface area contributed by atoms with Crippen molar-refractivity contribution in [3.63, 3.8) is 0 Å². The van der Waals surface area contributed by atoms with E-state index in [2.05, 4.69) is 5.32 Å². The topological polar surface area (TPSA) is 66.4 Å². The Morgan fingerprint density at radius 1 is 1.28 bits per heavy atom. The lowest BCUT2D eigenvalue weighted by molar-refractivity contribution is -0.142. The van der Waals surface area contributed by atoms with Crippen molar-refractivity contribution in [1.29, 1.82) is 0 Å².